The summed E-state index contributed by atoms with van der Waals surface area (Å²) in [7, 11) is 1.98. The summed E-state index contributed by atoms with van der Waals surface area (Å²) in [5.74, 6) is 0.754. The van der Waals surface area contributed by atoms with E-state index in [4.69, 9.17) is 5.10 Å². The maximum Gasteiger partial charge on any atom is 0.0794 e. The number of nitrogens with zero attached hydrogens (tertiary/aromatic N) is 2. The van der Waals surface area contributed by atoms with Crippen LogP contribution in [-0.4, -0.2) is 16.8 Å². The Labute approximate surface area is 98.2 Å². The standard InChI is InChI=1S/C13H23N3/c1-9(14-5)11-8-12(10-6-7-10)16(15-11)13(2,3)4/h8-10,14H,6-7H2,1-5H3. The first-order chi connectivity index (χ1) is 7.43. The molecule has 3 heteroatoms. The molecule has 3 nitrogen and oxygen atoms in total. The van der Waals surface area contributed by atoms with Gasteiger partial charge in [0.05, 0.1) is 11.2 Å². The molecule has 90 valence electrons. The second kappa shape index (κ2) is 3.88. The summed E-state index contributed by atoms with van der Waals surface area (Å²) >= 11 is 0. The zero-order valence-electron chi connectivity index (χ0n) is 11.0. The Morgan fingerprint density at radius 1 is 1.44 bits per heavy atom. The summed E-state index contributed by atoms with van der Waals surface area (Å²) in [4.78, 5) is 0. The molecule has 0 spiro atoms. The van der Waals surface area contributed by atoms with E-state index in [1.165, 1.54) is 24.2 Å². The van der Waals surface area contributed by atoms with E-state index in [0.29, 0.717) is 6.04 Å². The molecule has 1 saturated carbocycles. The van der Waals surface area contributed by atoms with Gasteiger partial charge in [0.1, 0.15) is 0 Å². The molecular formula is C13H23N3. The molecular weight excluding hydrogens is 198 g/mol. The number of hydrogen-bond acceptors (Lipinski definition) is 2. The van der Waals surface area contributed by atoms with Crippen molar-refractivity contribution in [2.75, 3.05) is 7.05 Å². The highest BCUT2D eigenvalue weighted by Gasteiger charge is 2.31. The van der Waals surface area contributed by atoms with Gasteiger partial charge in [-0.2, -0.15) is 5.10 Å². The van der Waals surface area contributed by atoms with Gasteiger partial charge in [0.25, 0.3) is 0 Å². The third kappa shape index (κ3) is 2.14. The van der Waals surface area contributed by atoms with Gasteiger partial charge in [-0.3, -0.25) is 4.68 Å². The summed E-state index contributed by atoms with van der Waals surface area (Å²) in [5, 5.41) is 8.02. The van der Waals surface area contributed by atoms with Crippen LogP contribution in [0.2, 0.25) is 0 Å². The van der Waals surface area contributed by atoms with Crippen molar-refractivity contribution in [2.45, 2.75) is 58.0 Å². The van der Waals surface area contributed by atoms with Crippen molar-refractivity contribution in [3.8, 4) is 0 Å². The lowest BCUT2D eigenvalue weighted by atomic mass is 10.1. The molecule has 0 amide bonds. The van der Waals surface area contributed by atoms with Gasteiger partial charge in [-0.25, -0.2) is 0 Å². The lowest BCUT2D eigenvalue weighted by Crippen LogP contribution is -2.25. The van der Waals surface area contributed by atoms with Gasteiger partial charge in [-0.1, -0.05) is 0 Å². The van der Waals surface area contributed by atoms with E-state index < -0.39 is 0 Å². The molecule has 0 bridgehead atoms. The quantitative estimate of drug-likeness (QED) is 0.850. The fourth-order valence-corrected chi connectivity index (χ4v) is 1.98. The molecule has 1 unspecified atom stereocenters. The summed E-state index contributed by atoms with van der Waals surface area (Å²) < 4.78 is 2.22. The third-order valence-electron chi connectivity index (χ3n) is 3.26. The van der Waals surface area contributed by atoms with E-state index in [9.17, 15) is 0 Å². The first-order valence-electron chi connectivity index (χ1n) is 6.21. The van der Waals surface area contributed by atoms with Crippen molar-refractivity contribution < 1.29 is 0 Å². The maximum atomic E-state index is 4.77. The van der Waals surface area contributed by atoms with E-state index in [0.717, 1.165) is 5.92 Å². The highest BCUT2D eigenvalue weighted by molar-refractivity contribution is 5.22. The molecule has 1 heterocycles. The fraction of sp³-hybridized carbons (Fsp3) is 0.769. The number of aromatic nitrogens is 2. The molecule has 0 saturated heterocycles. The average molecular weight is 221 g/mol. The molecule has 1 fully saturated rings. The molecule has 1 atom stereocenters. The van der Waals surface area contributed by atoms with Gasteiger partial charge >= 0.3 is 0 Å². The Balaban J connectivity index is 2.38. The van der Waals surface area contributed by atoms with Crippen molar-refractivity contribution in [2.24, 2.45) is 0 Å². The van der Waals surface area contributed by atoms with Gasteiger partial charge in [0, 0.05) is 17.7 Å². The van der Waals surface area contributed by atoms with Crippen molar-refractivity contribution in [1.82, 2.24) is 15.1 Å². The van der Waals surface area contributed by atoms with Crippen molar-refractivity contribution in [1.29, 1.82) is 0 Å². The predicted molar refractivity (Wildman–Crippen MR) is 66.7 cm³/mol. The van der Waals surface area contributed by atoms with Crippen LogP contribution in [0, 0.1) is 0 Å². The summed E-state index contributed by atoms with van der Waals surface area (Å²) in [6.45, 7) is 8.82. The molecule has 1 aromatic rings. The average Bonchev–Trinajstić information content (AvgIpc) is 2.94. The molecule has 16 heavy (non-hydrogen) atoms. The normalized spacial score (nSPS) is 18.8. The van der Waals surface area contributed by atoms with Crippen LogP contribution in [0.5, 0.6) is 0 Å². The minimum atomic E-state index is 0.0869. The SMILES string of the molecule is CNC(C)c1cc(C2CC2)n(C(C)(C)C)n1. The Bertz CT molecular complexity index is 369. The largest absolute Gasteiger partial charge is 0.312 e. The van der Waals surface area contributed by atoms with Gasteiger partial charge in [-0.05, 0) is 53.7 Å². The molecule has 0 aromatic carbocycles. The van der Waals surface area contributed by atoms with E-state index in [1.54, 1.807) is 0 Å². The van der Waals surface area contributed by atoms with Crippen LogP contribution in [0.15, 0.2) is 6.07 Å². The molecule has 1 aromatic heterocycles. The van der Waals surface area contributed by atoms with Crippen LogP contribution >= 0.6 is 0 Å². The smallest absolute Gasteiger partial charge is 0.0794 e. The first-order valence-corrected chi connectivity index (χ1v) is 6.21. The second-order valence-electron chi connectivity index (χ2n) is 5.86. The number of hydrogen-bond donors (Lipinski definition) is 1. The van der Waals surface area contributed by atoms with Gasteiger partial charge < -0.3 is 5.32 Å². The zero-order valence-corrected chi connectivity index (χ0v) is 11.0. The zero-order chi connectivity index (χ0) is 11.9. The van der Waals surface area contributed by atoms with E-state index in [-0.39, 0.29) is 5.54 Å². The Morgan fingerprint density at radius 2 is 2.06 bits per heavy atom. The Hall–Kier alpha value is -0.830. The monoisotopic (exact) mass is 221 g/mol. The van der Waals surface area contributed by atoms with Crippen LogP contribution in [0.1, 0.15) is 63.9 Å². The molecule has 1 aliphatic rings. The molecule has 1 N–H and O–H groups in total. The number of nitrogens with one attached hydrogen (secondary N) is 1. The molecule has 0 radical (unpaired) electrons. The second-order valence-corrected chi connectivity index (χ2v) is 5.86. The highest BCUT2D eigenvalue weighted by Crippen LogP contribution is 2.42. The first kappa shape index (κ1) is 11.6. The Kier molecular flexibility index (Phi) is 2.82. The summed E-state index contributed by atoms with van der Waals surface area (Å²) in [5.41, 5.74) is 2.67. The maximum absolute atomic E-state index is 4.77. The lowest BCUT2D eigenvalue weighted by molar-refractivity contribution is 0.339. The summed E-state index contributed by atoms with van der Waals surface area (Å²) in [6, 6.07) is 2.62. The summed E-state index contributed by atoms with van der Waals surface area (Å²) in [6.07, 6.45) is 2.66. The third-order valence-corrected chi connectivity index (χ3v) is 3.26. The Morgan fingerprint density at radius 3 is 2.50 bits per heavy atom. The van der Waals surface area contributed by atoms with Crippen LogP contribution in [0.3, 0.4) is 0 Å². The van der Waals surface area contributed by atoms with Gasteiger partial charge in [0.2, 0.25) is 0 Å². The number of rotatable bonds is 3. The van der Waals surface area contributed by atoms with Crippen LogP contribution < -0.4 is 5.32 Å². The van der Waals surface area contributed by atoms with E-state index in [2.05, 4.69) is 43.8 Å². The topological polar surface area (TPSA) is 29.9 Å². The van der Waals surface area contributed by atoms with Crippen LogP contribution in [0.25, 0.3) is 0 Å². The predicted octanol–water partition coefficient (Wildman–Crippen LogP) is 2.80. The minimum absolute atomic E-state index is 0.0869. The lowest BCUT2D eigenvalue weighted by Gasteiger charge is -2.22. The molecule has 2 rings (SSSR count). The van der Waals surface area contributed by atoms with Crippen LogP contribution in [0.4, 0.5) is 0 Å². The van der Waals surface area contributed by atoms with Crippen molar-refractivity contribution in [3.05, 3.63) is 17.5 Å². The van der Waals surface area contributed by atoms with Crippen molar-refractivity contribution in [3.63, 3.8) is 0 Å². The highest BCUT2D eigenvalue weighted by atomic mass is 15.3. The van der Waals surface area contributed by atoms with Crippen molar-refractivity contribution >= 4 is 0 Å². The van der Waals surface area contributed by atoms with Gasteiger partial charge in [0.15, 0.2) is 0 Å². The van der Waals surface area contributed by atoms with Crippen LogP contribution in [-0.2, 0) is 5.54 Å². The molecule has 1 aliphatic carbocycles. The van der Waals surface area contributed by atoms with E-state index in [1.807, 2.05) is 7.05 Å². The fourth-order valence-electron chi connectivity index (χ4n) is 1.98. The van der Waals surface area contributed by atoms with E-state index >= 15 is 0 Å². The molecule has 0 aliphatic heterocycles. The van der Waals surface area contributed by atoms with Gasteiger partial charge in [-0.15, -0.1) is 0 Å². The minimum Gasteiger partial charge on any atom is -0.312 e.